The number of methoxy groups -OCH3 is 2. The Hall–Kier alpha value is -2.28. The molecule has 2 heterocycles. The topological polar surface area (TPSA) is 79.3 Å². The van der Waals surface area contributed by atoms with E-state index in [9.17, 15) is 14.7 Å². The number of nitrogens with zero attached hydrogens (tertiary/aromatic N) is 2. The lowest BCUT2D eigenvalue weighted by atomic mass is 10.0. The molecule has 3 rings (SSSR count). The fourth-order valence-electron chi connectivity index (χ4n) is 4.21. The van der Waals surface area contributed by atoms with Crippen LogP contribution in [0.15, 0.2) is 18.2 Å². The molecule has 7 heteroatoms. The molecule has 0 spiro atoms. The van der Waals surface area contributed by atoms with Crippen LogP contribution in [0.2, 0.25) is 0 Å². The summed E-state index contributed by atoms with van der Waals surface area (Å²) in [4.78, 5) is 28.2. The summed E-state index contributed by atoms with van der Waals surface area (Å²) in [5, 5.41) is 9.45. The number of carbonyl (C=O) groups excluding carboxylic acids is 1. The molecule has 0 radical (unpaired) electrons. The minimum atomic E-state index is -0.838. The van der Waals surface area contributed by atoms with Gasteiger partial charge in [0.1, 0.15) is 17.5 Å². The molecule has 1 amide bonds. The number of likely N-dealkylation sites (tertiary alicyclic amines) is 2. The van der Waals surface area contributed by atoms with Crippen LogP contribution >= 0.6 is 0 Å². The van der Waals surface area contributed by atoms with Crippen molar-refractivity contribution in [3.63, 3.8) is 0 Å². The van der Waals surface area contributed by atoms with Crippen molar-refractivity contribution in [1.29, 1.82) is 0 Å². The van der Waals surface area contributed by atoms with Crippen LogP contribution in [0.1, 0.15) is 43.7 Å². The van der Waals surface area contributed by atoms with Gasteiger partial charge in [0.2, 0.25) is 5.91 Å². The van der Waals surface area contributed by atoms with Crippen LogP contribution < -0.4 is 9.47 Å². The van der Waals surface area contributed by atoms with Gasteiger partial charge in [-0.2, -0.15) is 0 Å². The number of carboxylic acid groups (broad SMARTS) is 1. The molecule has 0 aliphatic carbocycles. The van der Waals surface area contributed by atoms with Crippen molar-refractivity contribution in [2.75, 3.05) is 33.9 Å². The molecule has 0 bridgehead atoms. The number of hydrogen-bond acceptors (Lipinski definition) is 5. The summed E-state index contributed by atoms with van der Waals surface area (Å²) in [5.74, 6) is 0.611. The number of amides is 1. The Balaban J connectivity index is 1.78. The summed E-state index contributed by atoms with van der Waals surface area (Å²) >= 11 is 0. The third-order valence-corrected chi connectivity index (χ3v) is 5.61. The van der Waals surface area contributed by atoms with Gasteiger partial charge in [0, 0.05) is 12.1 Å². The molecule has 2 fully saturated rings. The maximum Gasteiger partial charge on any atom is 0.320 e. The average molecular weight is 376 g/mol. The lowest BCUT2D eigenvalue weighted by Crippen LogP contribution is -2.49. The molecule has 27 heavy (non-hydrogen) atoms. The highest BCUT2D eigenvalue weighted by Gasteiger charge is 2.35. The monoisotopic (exact) mass is 376 g/mol. The molecule has 2 atom stereocenters. The van der Waals surface area contributed by atoms with Gasteiger partial charge in [0.05, 0.1) is 26.8 Å². The van der Waals surface area contributed by atoms with Crippen molar-refractivity contribution in [2.24, 2.45) is 0 Å². The predicted octanol–water partition coefficient (Wildman–Crippen LogP) is 2.31. The van der Waals surface area contributed by atoms with Gasteiger partial charge < -0.3 is 19.5 Å². The Labute approximate surface area is 159 Å². The van der Waals surface area contributed by atoms with E-state index in [4.69, 9.17) is 9.47 Å². The van der Waals surface area contributed by atoms with Crippen molar-refractivity contribution < 1.29 is 24.2 Å². The highest BCUT2D eigenvalue weighted by atomic mass is 16.5. The molecular weight excluding hydrogens is 348 g/mol. The summed E-state index contributed by atoms with van der Waals surface area (Å²) in [6.45, 7) is 1.49. The van der Waals surface area contributed by atoms with Gasteiger partial charge in [0.15, 0.2) is 0 Å². The number of ether oxygens (including phenoxy) is 2. The number of rotatable bonds is 6. The first kappa shape index (κ1) is 19.5. The Bertz CT molecular complexity index is 693. The SMILES string of the molecule is COc1ccc(OC)c(C2CCCN2C(=O)CN2CCCCC2C(=O)O)c1. The van der Waals surface area contributed by atoms with Crippen molar-refractivity contribution in [1.82, 2.24) is 9.80 Å². The summed E-state index contributed by atoms with van der Waals surface area (Å²) in [7, 11) is 3.24. The minimum Gasteiger partial charge on any atom is -0.497 e. The largest absolute Gasteiger partial charge is 0.497 e. The maximum absolute atomic E-state index is 13.0. The molecule has 2 aliphatic rings. The Morgan fingerprint density at radius 2 is 1.93 bits per heavy atom. The number of carbonyl (C=O) groups is 2. The van der Waals surface area contributed by atoms with Crippen molar-refractivity contribution >= 4 is 11.9 Å². The summed E-state index contributed by atoms with van der Waals surface area (Å²) in [6.07, 6.45) is 4.21. The van der Waals surface area contributed by atoms with Gasteiger partial charge in [-0.05, 0) is 50.4 Å². The fraction of sp³-hybridized carbons (Fsp3) is 0.600. The average Bonchev–Trinajstić information content (AvgIpc) is 3.17. The second kappa shape index (κ2) is 8.61. The number of piperidine rings is 1. The summed E-state index contributed by atoms with van der Waals surface area (Å²) < 4.78 is 10.8. The fourth-order valence-corrected chi connectivity index (χ4v) is 4.21. The third-order valence-electron chi connectivity index (χ3n) is 5.61. The number of benzene rings is 1. The molecular formula is C20H28N2O5. The smallest absolute Gasteiger partial charge is 0.320 e. The highest BCUT2D eigenvalue weighted by molar-refractivity contribution is 5.81. The van der Waals surface area contributed by atoms with E-state index in [1.807, 2.05) is 28.0 Å². The van der Waals surface area contributed by atoms with Crippen molar-refractivity contribution in [3.05, 3.63) is 23.8 Å². The molecule has 2 aliphatic heterocycles. The second-order valence-electron chi connectivity index (χ2n) is 7.17. The Kier molecular flexibility index (Phi) is 6.21. The molecule has 7 nitrogen and oxygen atoms in total. The van der Waals surface area contributed by atoms with Gasteiger partial charge in [-0.15, -0.1) is 0 Å². The number of aliphatic carboxylic acids is 1. The van der Waals surface area contributed by atoms with Crippen LogP contribution in [0.5, 0.6) is 11.5 Å². The molecule has 2 saturated heterocycles. The van der Waals surface area contributed by atoms with Gasteiger partial charge >= 0.3 is 5.97 Å². The van der Waals surface area contributed by atoms with Crippen molar-refractivity contribution in [2.45, 2.75) is 44.2 Å². The summed E-state index contributed by atoms with van der Waals surface area (Å²) in [5.41, 5.74) is 0.941. The Morgan fingerprint density at radius 1 is 1.11 bits per heavy atom. The first-order chi connectivity index (χ1) is 13.0. The van der Waals surface area contributed by atoms with E-state index < -0.39 is 12.0 Å². The standard InChI is InChI=1S/C20H28N2O5/c1-26-14-8-9-18(27-2)15(12-14)16-7-5-11-22(16)19(23)13-21-10-4-3-6-17(21)20(24)25/h8-9,12,16-17H,3-7,10-11,13H2,1-2H3,(H,24,25). The van der Waals surface area contributed by atoms with Crippen LogP contribution in [-0.4, -0.2) is 66.7 Å². The van der Waals surface area contributed by atoms with Crippen molar-refractivity contribution in [3.8, 4) is 11.5 Å². The van der Waals surface area contributed by atoms with Gasteiger partial charge in [-0.25, -0.2) is 0 Å². The van der Waals surface area contributed by atoms with E-state index in [1.165, 1.54) is 0 Å². The lowest BCUT2D eigenvalue weighted by molar-refractivity contribution is -0.146. The van der Waals surface area contributed by atoms with Crippen LogP contribution in [0.25, 0.3) is 0 Å². The predicted molar refractivity (Wildman–Crippen MR) is 100 cm³/mol. The van der Waals surface area contributed by atoms with Crippen LogP contribution in [0, 0.1) is 0 Å². The van der Waals surface area contributed by atoms with E-state index in [0.717, 1.165) is 42.7 Å². The van der Waals surface area contributed by atoms with Crippen LogP contribution in [0.4, 0.5) is 0 Å². The minimum absolute atomic E-state index is 0.0180. The van der Waals surface area contributed by atoms with E-state index in [1.54, 1.807) is 14.2 Å². The highest BCUT2D eigenvalue weighted by Crippen LogP contribution is 2.39. The maximum atomic E-state index is 13.0. The number of hydrogen-bond donors (Lipinski definition) is 1. The molecule has 0 saturated carbocycles. The molecule has 1 aromatic rings. The molecule has 1 aromatic carbocycles. The lowest BCUT2D eigenvalue weighted by Gasteiger charge is -2.34. The Morgan fingerprint density at radius 3 is 2.63 bits per heavy atom. The zero-order chi connectivity index (χ0) is 19.4. The number of carboxylic acids is 1. The molecule has 0 aromatic heterocycles. The zero-order valence-corrected chi connectivity index (χ0v) is 16.0. The summed E-state index contributed by atoms with van der Waals surface area (Å²) in [6, 6.07) is 5.00. The van der Waals surface area contributed by atoms with Gasteiger partial charge in [-0.1, -0.05) is 6.42 Å². The van der Waals surface area contributed by atoms with Gasteiger partial charge in [-0.3, -0.25) is 14.5 Å². The second-order valence-corrected chi connectivity index (χ2v) is 7.17. The van der Waals surface area contributed by atoms with Gasteiger partial charge in [0.25, 0.3) is 0 Å². The normalized spacial score (nSPS) is 23.3. The molecule has 1 N–H and O–H groups in total. The van der Waals surface area contributed by atoms with Crippen LogP contribution in [-0.2, 0) is 9.59 Å². The van der Waals surface area contributed by atoms with E-state index in [2.05, 4.69) is 0 Å². The van der Waals surface area contributed by atoms with E-state index in [0.29, 0.717) is 19.5 Å². The molecule has 2 unspecified atom stereocenters. The van der Waals surface area contributed by atoms with E-state index in [-0.39, 0.29) is 18.5 Å². The van der Waals surface area contributed by atoms with E-state index >= 15 is 0 Å². The quantitative estimate of drug-likeness (QED) is 0.821. The molecule has 148 valence electrons. The first-order valence-electron chi connectivity index (χ1n) is 9.53. The van der Waals surface area contributed by atoms with Crippen LogP contribution in [0.3, 0.4) is 0 Å². The zero-order valence-electron chi connectivity index (χ0n) is 16.0. The first-order valence-corrected chi connectivity index (χ1v) is 9.53. The third kappa shape index (κ3) is 4.18.